The predicted octanol–water partition coefficient (Wildman–Crippen LogP) is 7.90. The topological polar surface area (TPSA) is 96.5 Å². The summed E-state index contributed by atoms with van der Waals surface area (Å²) in [4.78, 5) is 39.7. The quantitative estimate of drug-likeness (QED) is 0.119. The fraction of sp³-hybridized carbons (Fsp3) is 0.121. The Bertz CT molecular complexity index is 1710. The highest BCUT2D eigenvalue weighted by atomic mass is 35.5. The summed E-state index contributed by atoms with van der Waals surface area (Å²) < 4.78 is 45.6. The predicted molar refractivity (Wildman–Crippen MR) is 170 cm³/mol. The van der Waals surface area contributed by atoms with Crippen LogP contribution in [0.3, 0.4) is 0 Å². The molecule has 3 N–H and O–H groups in total. The van der Waals surface area contributed by atoms with Gasteiger partial charge < -0.3 is 20.7 Å². The molecule has 4 aromatic rings. The molecule has 0 radical (unpaired) electrons. The van der Waals surface area contributed by atoms with Crippen LogP contribution in [0.4, 0.5) is 24.5 Å². The van der Waals surface area contributed by atoms with E-state index in [0.717, 1.165) is 23.9 Å². The molecule has 4 rings (SSSR count). The summed E-state index contributed by atoms with van der Waals surface area (Å²) in [5.74, 6) is -1.12. The first-order valence-corrected chi connectivity index (χ1v) is 14.7. The van der Waals surface area contributed by atoms with Crippen LogP contribution >= 0.6 is 23.4 Å². The van der Waals surface area contributed by atoms with Crippen molar-refractivity contribution in [2.45, 2.75) is 23.2 Å². The first kappa shape index (κ1) is 33.2. The number of carbonyl (C=O) groups is 3. The van der Waals surface area contributed by atoms with Crippen LogP contribution in [0.25, 0.3) is 6.08 Å². The molecule has 0 saturated carbocycles. The number of benzene rings is 4. The van der Waals surface area contributed by atoms with E-state index < -0.39 is 40.4 Å². The summed E-state index contributed by atoms with van der Waals surface area (Å²) in [5, 5.41) is 6.84. The molecule has 0 saturated heterocycles. The number of anilines is 2. The minimum atomic E-state index is -4.71. The van der Waals surface area contributed by atoms with Crippen molar-refractivity contribution in [3.8, 4) is 5.75 Å². The number of rotatable bonds is 10. The number of carbonyl (C=O) groups excluding carboxylic acids is 3. The van der Waals surface area contributed by atoms with E-state index in [4.69, 9.17) is 16.3 Å². The van der Waals surface area contributed by atoms with Crippen LogP contribution in [-0.2, 0) is 15.8 Å². The second kappa shape index (κ2) is 14.8. The molecule has 0 heterocycles. The molecule has 4 aromatic carbocycles. The van der Waals surface area contributed by atoms with E-state index in [1.54, 1.807) is 85.8 Å². The molecule has 45 heavy (non-hydrogen) atoms. The van der Waals surface area contributed by atoms with E-state index in [9.17, 15) is 27.6 Å². The van der Waals surface area contributed by atoms with Gasteiger partial charge in [-0.15, -0.1) is 11.8 Å². The third-order valence-electron chi connectivity index (χ3n) is 6.27. The highest BCUT2D eigenvalue weighted by Gasteiger charge is 2.34. The normalized spacial score (nSPS) is 12.2. The van der Waals surface area contributed by atoms with Gasteiger partial charge in [0.25, 0.3) is 11.8 Å². The van der Waals surface area contributed by atoms with Crippen LogP contribution in [-0.4, -0.2) is 30.1 Å². The maximum absolute atomic E-state index is 13.5. The molecule has 1 unspecified atom stereocenters. The number of amides is 3. The number of halogens is 4. The summed E-state index contributed by atoms with van der Waals surface area (Å²) in [6.45, 7) is 1.54. The molecule has 0 aliphatic heterocycles. The second-order valence-corrected chi connectivity index (χ2v) is 11.4. The van der Waals surface area contributed by atoms with Crippen LogP contribution in [0.15, 0.2) is 108 Å². The average molecular weight is 654 g/mol. The molecule has 12 heteroatoms. The van der Waals surface area contributed by atoms with E-state index in [0.29, 0.717) is 27.5 Å². The summed E-state index contributed by atoms with van der Waals surface area (Å²) in [7, 11) is 1.53. The first-order valence-electron chi connectivity index (χ1n) is 13.4. The number of hydrogen-bond acceptors (Lipinski definition) is 5. The van der Waals surface area contributed by atoms with E-state index in [-0.39, 0.29) is 10.7 Å². The molecule has 0 aliphatic carbocycles. The second-order valence-electron chi connectivity index (χ2n) is 9.57. The molecular formula is C33H27ClF3N3O4S. The Balaban J connectivity index is 1.49. The van der Waals surface area contributed by atoms with Crippen molar-refractivity contribution in [1.82, 2.24) is 5.32 Å². The molecule has 7 nitrogen and oxygen atoms in total. The Kier molecular flexibility index (Phi) is 10.9. The van der Waals surface area contributed by atoms with Crippen molar-refractivity contribution in [2.75, 3.05) is 17.7 Å². The van der Waals surface area contributed by atoms with Gasteiger partial charge in [0.15, 0.2) is 0 Å². The first-order chi connectivity index (χ1) is 21.4. The van der Waals surface area contributed by atoms with Gasteiger partial charge in [0.05, 0.1) is 23.6 Å². The van der Waals surface area contributed by atoms with Crippen molar-refractivity contribution >= 4 is 58.5 Å². The fourth-order valence-corrected chi connectivity index (χ4v) is 5.11. The van der Waals surface area contributed by atoms with Gasteiger partial charge in [0.1, 0.15) is 11.4 Å². The molecule has 232 valence electrons. The number of alkyl halides is 3. The van der Waals surface area contributed by atoms with E-state index in [1.807, 2.05) is 0 Å². The number of hydrogen-bond donors (Lipinski definition) is 3. The molecule has 0 aromatic heterocycles. The minimum absolute atomic E-state index is 0.0248. The summed E-state index contributed by atoms with van der Waals surface area (Å²) in [6, 6.07) is 25.0. The lowest BCUT2D eigenvalue weighted by molar-refractivity contribution is -0.137. The third-order valence-corrected chi connectivity index (χ3v) is 7.60. The number of methoxy groups -OCH3 is 1. The molecule has 1 atom stereocenters. The van der Waals surface area contributed by atoms with Crippen LogP contribution < -0.4 is 20.7 Å². The van der Waals surface area contributed by atoms with Gasteiger partial charge in [-0.25, -0.2) is 0 Å². The average Bonchev–Trinajstić information content (AvgIpc) is 3.02. The van der Waals surface area contributed by atoms with Gasteiger partial charge >= 0.3 is 6.18 Å². The fourth-order valence-electron chi connectivity index (χ4n) is 4.01. The Morgan fingerprint density at radius 2 is 1.60 bits per heavy atom. The number of thioether (sulfide) groups is 1. The standard InChI is InChI=1S/C33H27ClF3N3O4S/c1-20(30(41)39-28-16-13-23(34)18-27(28)33(35,36)37)45-26-10-6-9-24(19-26)38-32(43)29(17-21-11-14-25(44-2)15-12-21)40-31(42)22-7-4-3-5-8-22/h3-20H,1-2H3,(H,38,43)(H,39,41)(H,40,42)/b29-17+. The SMILES string of the molecule is COc1ccc(/C=C(/NC(=O)c2ccccc2)C(=O)Nc2cccc(SC(C)C(=O)Nc3ccc(Cl)cc3C(F)(F)F)c2)cc1. The molecule has 0 spiro atoms. The Morgan fingerprint density at radius 3 is 2.27 bits per heavy atom. The highest BCUT2D eigenvalue weighted by Crippen LogP contribution is 2.37. The van der Waals surface area contributed by atoms with Crippen LogP contribution in [0, 0.1) is 0 Å². The molecular weight excluding hydrogens is 627 g/mol. The van der Waals surface area contributed by atoms with Gasteiger partial charge in [-0.1, -0.05) is 48.0 Å². The molecule has 3 amide bonds. The Labute approximate surface area is 266 Å². The minimum Gasteiger partial charge on any atom is -0.497 e. The molecule has 0 fully saturated rings. The highest BCUT2D eigenvalue weighted by molar-refractivity contribution is 8.00. The summed E-state index contributed by atoms with van der Waals surface area (Å²) in [6.07, 6.45) is -3.19. The lowest BCUT2D eigenvalue weighted by atomic mass is 10.1. The zero-order valence-electron chi connectivity index (χ0n) is 23.9. The monoisotopic (exact) mass is 653 g/mol. The van der Waals surface area contributed by atoms with Crippen molar-refractivity contribution in [3.05, 3.63) is 124 Å². The maximum atomic E-state index is 13.5. The number of ether oxygens (including phenoxy) is 1. The third kappa shape index (κ3) is 9.37. The van der Waals surface area contributed by atoms with Gasteiger partial charge in [0.2, 0.25) is 5.91 Å². The van der Waals surface area contributed by atoms with E-state index >= 15 is 0 Å². The lowest BCUT2D eigenvalue weighted by Gasteiger charge is -2.17. The van der Waals surface area contributed by atoms with Crippen molar-refractivity contribution in [1.29, 1.82) is 0 Å². The van der Waals surface area contributed by atoms with Gasteiger partial charge in [-0.3, -0.25) is 14.4 Å². The zero-order valence-corrected chi connectivity index (χ0v) is 25.5. The smallest absolute Gasteiger partial charge is 0.418 e. The van der Waals surface area contributed by atoms with Crippen LogP contribution in [0.2, 0.25) is 5.02 Å². The lowest BCUT2D eigenvalue weighted by Crippen LogP contribution is -2.30. The van der Waals surface area contributed by atoms with Gasteiger partial charge in [-0.05, 0) is 79.2 Å². The Morgan fingerprint density at radius 1 is 0.889 bits per heavy atom. The maximum Gasteiger partial charge on any atom is 0.418 e. The van der Waals surface area contributed by atoms with Crippen LogP contribution in [0.1, 0.15) is 28.4 Å². The van der Waals surface area contributed by atoms with Crippen LogP contribution in [0.5, 0.6) is 5.75 Å². The van der Waals surface area contributed by atoms with Gasteiger partial charge in [0, 0.05) is 21.2 Å². The van der Waals surface area contributed by atoms with Crippen molar-refractivity contribution in [3.63, 3.8) is 0 Å². The van der Waals surface area contributed by atoms with Gasteiger partial charge in [-0.2, -0.15) is 13.2 Å². The van der Waals surface area contributed by atoms with Crippen molar-refractivity contribution in [2.24, 2.45) is 0 Å². The molecule has 0 bridgehead atoms. The number of nitrogens with one attached hydrogen (secondary N) is 3. The summed E-state index contributed by atoms with van der Waals surface area (Å²) >= 11 is 6.81. The largest absolute Gasteiger partial charge is 0.497 e. The Hall–Kier alpha value is -4.74. The zero-order chi connectivity index (χ0) is 32.6. The van der Waals surface area contributed by atoms with Crippen molar-refractivity contribution < 1.29 is 32.3 Å². The van der Waals surface area contributed by atoms with E-state index in [1.165, 1.54) is 19.3 Å². The van der Waals surface area contributed by atoms with E-state index in [2.05, 4.69) is 16.0 Å². The summed E-state index contributed by atoms with van der Waals surface area (Å²) in [5.41, 5.74) is -0.125. The molecule has 0 aliphatic rings.